The summed E-state index contributed by atoms with van der Waals surface area (Å²) in [6.07, 6.45) is 6.45. The summed E-state index contributed by atoms with van der Waals surface area (Å²) in [5, 5.41) is 0.339. The minimum Gasteiger partial charge on any atom is -0.393 e. The molecule has 0 radical (unpaired) electrons. The van der Waals surface area contributed by atoms with Gasteiger partial charge < -0.3 is 10.6 Å². The number of aromatic nitrogens is 2. The molecule has 5 heteroatoms. The average molecular weight is 255 g/mol. The summed E-state index contributed by atoms with van der Waals surface area (Å²) in [5.74, 6) is 1.53. The Hall–Kier alpha value is -1.03. The lowest BCUT2D eigenvalue weighted by Crippen LogP contribution is -2.36. The van der Waals surface area contributed by atoms with Gasteiger partial charge in [-0.15, -0.1) is 0 Å². The van der Waals surface area contributed by atoms with Crippen LogP contribution in [0.25, 0.3) is 0 Å². The summed E-state index contributed by atoms with van der Waals surface area (Å²) < 4.78 is 0. The maximum Gasteiger partial charge on any atom is 0.157 e. The third-order valence-electron chi connectivity index (χ3n) is 3.60. The molecule has 2 atom stereocenters. The second-order valence-electron chi connectivity index (χ2n) is 4.94. The van der Waals surface area contributed by atoms with E-state index in [-0.39, 0.29) is 0 Å². The van der Waals surface area contributed by atoms with Gasteiger partial charge in [0.2, 0.25) is 0 Å². The number of rotatable bonds is 2. The van der Waals surface area contributed by atoms with Crippen LogP contribution < -0.4 is 10.6 Å². The molecule has 0 amide bonds. The van der Waals surface area contributed by atoms with Crippen molar-refractivity contribution in [3.63, 3.8) is 0 Å². The highest BCUT2D eigenvalue weighted by Crippen LogP contribution is 2.32. The summed E-state index contributed by atoms with van der Waals surface area (Å²) in [5.41, 5.74) is 6.41. The van der Waals surface area contributed by atoms with Crippen molar-refractivity contribution in [3.05, 3.63) is 11.5 Å². The molecule has 1 aromatic rings. The molecule has 2 N–H and O–H groups in total. The fourth-order valence-electron chi connectivity index (χ4n) is 2.57. The van der Waals surface area contributed by atoms with Crippen LogP contribution in [0.15, 0.2) is 6.33 Å². The first-order valence-corrected chi connectivity index (χ1v) is 6.46. The summed E-state index contributed by atoms with van der Waals surface area (Å²) >= 11 is 5.92. The SMILES string of the molecule is CC1CCCC(N(C)c2ncnc(Cl)c2N)C1. The number of nitrogens with zero attached hydrogens (tertiary/aromatic N) is 3. The second kappa shape index (κ2) is 5.08. The molecular formula is C12H19ClN4. The van der Waals surface area contributed by atoms with Gasteiger partial charge in [-0.1, -0.05) is 31.4 Å². The maximum absolute atomic E-state index is 5.93. The Kier molecular flexibility index (Phi) is 3.72. The molecule has 17 heavy (non-hydrogen) atoms. The molecule has 1 fully saturated rings. The van der Waals surface area contributed by atoms with Crippen LogP contribution in [-0.4, -0.2) is 23.1 Å². The molecule has 0 aliphatic heterocycles. The highest BCUT2D eigenvalue weighted by molar-refractivity contribution is 6.32. The largest absolute Gasteiger partial charge is 0.393 e. The summed E-state index contributed by atoms with van der Waals surface area (Å²) in [6.45, 7) is 2.30. The number of nitrogen functional groups attached to an aromatic ring is 1. The summed E-state index contributed by atoms with van der Waals surface area (Å²) in [6, 6.07) is 0.506. The fraction of sp³-hybridized carbons (Fsp3) is 0.667. The zero-order valence-corrected chi connectivity index (χ0v) is 11.1. The monoisotopic (exact) mass is 254 g/mol. The lowest BCUT2D eigenvalue weighted by molar-refractivity contribution is 0.335. The van der Waals surface area contributed by atoms with Crippen LogP contribution in [0.1, 0.15) is 32.6 Å². The van der Waals surface area contributed by atoms with Crippen molar-refractivity contribution in [2.45, 2.75) is 38.6 Å². The molecule has 4 nitrogen and oxygen atoms in total. The number of anilines is 2. The minimum absolute atomic E-state index is 0.339. The van der Waals surface area contributed by atoms with E-state index in [0.29, 0.717) is 16.9 Å². The Morgan fingerprint density at radius 1 is 1.41 bits per heavy atom. The van der Waals surface area contributed by atoms with Crippen molar-refractivity contribution in [2.75, 3.05) is 17.7 Å². The Balaban J connectivity index is 2.18. The van der Waals surface area contributed by atoms with E-state index < -0.39 is 0 Å². The fourth-order valence-corrected chi connectivity index (χ4v) is 2.70. The number of hydrogen-bond acceptors (Lipinski definition) is 4. The molecule has 0 saturated heterocycles. The predicted molar refractivity (Wildman–Crippen MR) is 71.3 cm³/mol. The summed E-state index contributed by atoms with van der Waals surface area (Å²) in [4.78, 5) is 10.3. The quantitative estimate of drug-likeness (QED) is 0.825. The molecule has 1 saturated carbocycles. The lowest BCUT2D eigenvalue weighted by atomic mass is 9.86. The van der Waals surface area contributed by atoms with Gasteiger partial charge in [0.25, 0.3) is 0 Å². The molecule has 0 spiro atoms. The van der Waals surface area contributed by atoms with Crippen LogP contribution >= 0.6 is 11.6 Å². The number of halogens is 1. The van der Waals surface area contributed by atoms with Gasteiger partial charge in [0, 0.05) is 13.1 Å². The zero-order valence-electron chi connectivity index (χ0n) is 10.4. The van der Waals surface area contributed by atoms with E-state index in [1.807, 2.05) is 7.05 Å². The Morgan fingerprint density at radius 2 is 2.18 bits per heavy atom. The van der Waals surface area contributed by atoms with E-state index in [0.717, 1.165) is 11.7 Å². The standard InChI is InChI=1S/C12H19ClN4/c1-8-4-3-5-9(6-8)17(2)12-10(14)11(13)15-7-16-12/h7-9H,3-6,14H2,1-2H3. The molecule has 94 valence electrons. The molecule has 2 rings (SSSR count). The molecule has 1 aliphatic carbocycles. The Labute approximate surface area is 107 Å². The predicted octanol–water partition coefficient (Wildman–Crippen LogP) is 2.73. The first-order valence-electron chi connectivity index (χ1n) is 6.08. The second-order valence-corrected chi connectivity index (χ2v) is 5.30. The van der Waals surface area contributed by atoms with E-state index >= 15 is 0 Å². The van der Waals surface area contributed by atoms with Gasteiger partial charge >= 0.3 is 0 Å². The van der Waals surface area contributed by atoms with Crippen LogP contribution in [0, 0.1) is 5.92 Å². The third kappa shape index (κ3) is 2.63. The first kappa shape index (κ1) is 12.4. The van der Waals surface area contributed by atoms with E-state index in [1.165, 1.54) is 32.0 Å². The first-order chi connectivity index (χ1) is 8.09. The van der Waals surface area contributed by atoms with Gasteiger partial charge in [0.05, 0.1) is 0 Å². The molecular weight excluding hydrogens is 236 g/mol. The van der Waals surface area contributed by atoms with Gasteiger partial charge in [0.15, 0.2) is 11.0 Å². The van der Waals surface area contributed by atoms with Crippen molar-refractivity contribution >= 4 is 23.1 Å². The molecule has 2 unspecified atom stereocenters. The molecule has 1 aliphatic rings. The van der Waals surface area contributed by atoms with Gasteiger partial charge in [-0.05, 0) is 18.8 Å². The molecule has 0 aromatic carbocycles. The van der Waals surface area contributed by atoms with E-state index in [4.69, 9.17) is 17.3 Å². The van der Waals surface area contributed by atoms with Crippen LogP contribution in [-0.2, 0) is 0 Å². The third-order valence-corrected chi connectivity index (χ3v) is 3.91. The molecule has 1 heterocycles. The minimum atomic E-state index is 0.339. The number of nitrogens with two attached hydrogens (primary N) is 1. The normalized spacial score (nSPS) is 24.6. The van der Waals surface area contributed by atoms with Crippen molar-refractivity contribution in [3.8, 4) is 0 Å². The van der Waals surface area contributed by atoms with Gasteiger partial charge in [-0.2, -0.15) is 0 Å². The van der Waals surface area contributed by atoms with E-state index in [2.05, 4.69) is 21.8 Å². The van der Waals surface area contributed by atoms with Crippen molar-refractivity contribution in [1.82, 2.24) is 9.97 Å². The van der Waals surface area contributed by atoms with Crippen LogP contribution in [0.4, 0.5) is 11.5 Å². The highest BCUT2D eigenvalue weighted by atomic mass is 35.5. The van der Waals surface area contributed by atoms with Crippen molar-refractivity contribution in [2.24, 2.45) is 5.92 Å². The molecule has 0 bridgehead atoms. The van der Waals surface area contributed by atoms with Crippen molar-refractivity contribution in [1.29, 1.82) is 0 Å². The topological polar surface area (TPSA) is 55.0 Å². The van der Waals surface area contributed by atoms with Gasteiger partial charge in [-0.3, -0.25) is 0 Å². The smallest absolute Gasteiger partial charge is 0.157 e. The Morgan fingerprint density at radius 3 is 2.88 bits per heavy atom. The van der Waals surface area contributed by atoms with Gasteiger partial charge in [-0.25, -0.2) is 9.97 Å². The summed E-state index contributed by atoms with van der Waals surface area (Å²) in [7, 11) is 2.04. The lowest BCUT2D eigenvalue weighted by Gasteiger charge is -2.35. The average Bonchev–Trinajstić information content (AvgIpc) is 2.32. The van der Waals surface area contributed by atoms with E-state index in [9.17, 15) is 0 Å². The van der Waals surface area contributed by atoms with Crippen molar-refractivity contribution < 1.29 is 0 Å². The Bertz CT molecular complexity index is 396. The highest BCUT2D eigenvalue weighted by Gasteiger charge is 2.24. The van der Waals surface area contributed by atoms with Crippen LogP contribution in [0.2, 0.25) is 5.15 Å². The van der Waals surface area contributed by atoms with Crippen LogP contribution in [0.5, 0.6) is 0 Å². The van der Waals surface area contributed by atoms with Crippen LogP contribution in [0.3, 0.4) is 0 Å². The van der Waals surface area contributed by atoms with E-state index in [1.54, 1.807) is 0 Å². The molecule has 1 aromatic heterocycles. The number of hydrogen-bond donors (Lipinski definition) is 1. The zero-order chi connectivity index (χ0) is 12.4. The van der Waals surface area contributed by atoms with Gasteiger partial charge in [0.1, 0.15) is 12.0 Å². The maximum atomic E-state index is 5.93.